The van der Waals surface area contributed by atoms with Crippen LogP contribution in [0.15, 0.2) is 84.9 Å². The van der Waals surface area contributed by atoms with Crippen LogP contribution in [0.3, 0.4) is 0 Å². The van der Waals surface area contributed by atoms with Gasteiger partial charge in [-0.15, -0.1) is 0 Å². The van der Waals surface area contributed by atoms with Crippen LogP contribution in [0.4, 0.5) is 0 Å². The Hall–Kier alpha value is -5.84. The normalized spacial score (nSPS) is 10.4. The van der Waals surface area contributed by atoms with Crippen LogP contribution in [-0.2, 0) is 0 Å². The molecule has 11 nitrogen and oxygen atoms in total. The Morgan fingerprint density at radius 3 is 1.03 bits per heavy atom. The number of hydrogen-bond donors (Lipinski definition) is 4. The predicted octanol–water partition coefficient (Wildman–Crippen LogP) is 5.86. The summed E-state index contributed by atoms with van der Waals surface area (Å²) in [6, 6.07) is 19.9. The number of benzene rings is 4. The van der Waals surface area contributed by atoms with E-state index in [4.69, 9.17) is 14.2 Å². The van der Waals surface area contributed by atoms with Gasteiger partial charge in [-0.05, 0) is 60.7 Å². The van der Waals surface area contributed by atoms with E-state index in [9.17, 15) is 39.6 Å². The number of carbonyl (C=O) groups is 4. The Labute approximate surface area is 219 Å². The van der Waals surface area contributed by atoms with Crippen LogP contribution >= 0.6 is 0 Å². The molecule has 0 saturated carbocycles. The average molecular weight is 530 g/mol. The topological polar surface area (TPSA) is 177 Å². The SMILES string of the molecule is O=C(O)c1ccc(Oc2ccccc2Oc2ccccc2Oc2ccc(C(=O)O)c(C(=O)O)c2)cc1C(=O)O. The molecule has 0 heterocycles. The van der Waals surface area contributed by atoms with Gasteiger partial charge in [0.15, 0.2) is 23.0 Å². The summed E-state index contributed by atoms with van der Waals surface area (Å²) >= 11 is 0. The molecule has 196 valence electrons. The second-order valence-corrected chi connectivity index (χ2v) is 7.84. The molecule has 0 spiro atoms. The first-order valence-corrected chi connectivity index (χ1v) is 11.1. The van der Waals surface area contributed by atoms with Crippen molar-refractivity contribution < 1.29 is 53.8 Å². The highest BCUT2D eigenvalue weighted by molar-refractivity contribution is 6.02. The Kier molecular flexibility index (Phi) is 7.43. The van der Waals surface area contributed by atoms with Gasteiger partial charge in [0.1, 0.15) is 11.5 Å². The molecule has 0 atom stereocenters. The van der Waals surface area contributed by atoms with Crippen molar-refractivity contribution in [1.29, 1.82) is 0 Å². The molecule has 0 bridgehead atoms. The summed E-state index contributed by atoms with van der Waals surface area (Å²) in [6.45, 7) is 0. The summed E-state index contributed by atoms with van der Waals surface area (Å²) in [5, 5.41) is 37.2. The molecule has 0 saturated heterocycles. The first kappa shape index (κ1) is 26.2. The molecule has 0 amide bonds. The zero-order chi connectivity index (χ0) is 28.1. The summed E-state index contributed by atoms with van der Waals surface area (Å²) in [4.78, 5) is 45.7. The maximum atomic E-state index is 11.5. The second kappa shape index (κ2) is 11.0. The van der Waals surface area contributed by atoms with Crippen molar-refractivity contribution in [1.82, 2.24) is 0 Å². The molecule has 4 aromatic carbocycles. The van der Waals surface area contributed by atoms with E-state index in [1.165, 1.54) is 12.1 Å². The molecule has 0 unspecified atom stereocenters. The van der Waals surface area contributed by atoms with Gasteiger partial charge in [0.25, 0.3) is 0 Å². The quantitative estimate of drug-likeness (QED) is 0.193. The average Bonchev–Trinajstić information content (AvgIpc) is 2.90. The zero-order valence-corrected chi connectivity index (χ0v) is 19.7. The predicted molar refractivity (Wildman–Crippen MR) is 134 cm³/mol. The van der Waals surface area contributed by atoms with Crippen LogP contribution < -0.4 is 14.2 Å². The third-order valence-corrected chi connectivity index (χ3v) is 5.28. The number of carboxylic acid groups (broad SMARTS) is 4. The summed E-state index contributed by atoms with van der Waals surface area (Å²) in [6.07, 6.45) is 0. The smallest absolute Gasteiger partial charge is 0.336 e. The Bertz CT molecular complexity index is 1490. The van der Waals surface area contributed by atoms with Crippen LogP contribution in [0.1, 0.15) is 41.4 Å². The molecule has 0 fully saturated rings. The van der Waals surface area contributed by atoms with Crippen LogP contribution in [0.25, 0.3) is 0 Å². The van der Waals surface area contributed by atoms with Gasteiger partial charge in [0.2, 0.25) is 0 Å². The van der Waals surface area contributed by atoms with Crippen molar-refractivity contribution >= 4 is 23.9 Å². The van der Waals surface area contributed by atoms with E-state index in [1.807, 2.05) is 0 Å². The van der Waals surface area contributed by atoms with E-state index in [1.54, 1.807) is 48.5 Å². The number of aromatic carboxylic acids is 4. The van der Waals surface area contributed by atoms with E-state index in [0.717, 1.165) is 24.3 Å². The van der Waals surface area contributed by atoms with Crippen molar-refractivity contribution in [3.05, 3.63) is 107 Å². The summed E-state index contributed by atoms with van der Waals surface area (Å²) in [7, 11) is 0. The van der Waals surface area contributed by atoms with Crippen LogP contribution in [0.5, 0.6) is 34.5 Å². The largest absolute Gasteiger partial charge is 0.478 e. The minimum Gasteiger partial charge on any atom is -0.478 e. The lowest BCUT2D eigenvalue weighted by Gasteiger charge is -2.16. The number of ether oxygens (including phenoxy) is 3. The lowest BCUT2D eigenvalue weighted by atomic mass is 10.1. The number of hydrogen-bond acceptors (Lipinski definition) is 7. The molecule has 0 aromatic heterocycles. The summed E-state index contributed by atoms with van der Waals surface area (Å²) in [5.41, 5.74) is -1.70. The fraction of sp³-hybridized carbons (Fsp3) is 0. The lowest BCUT2D eigenvalue weighted by Crippen LogP contribution is -2.08. The highest BCUT2D eigenvalue weighted by Crippen LogP contribution is 2.40. The van der Waals surface area contributed by atoms with Gasteiger partial charge in [-0.1, -0.05) is 24.3 Å². The molecule has 4 rings (SSSR count). The minimum atomic E-state index is -1.43. The van der Waals surface area contributed by atoms with Gasteiger partial charge < -0.3 is 34.6 Å². The Morgan fingerprint density at radius 1 is 0.410 bits per heavy atom. The third kappa shape index (κ3) is 5.94. The summed E-state index contributed by atoms with van der Waals surface area (Å²) in [5.74, 6) is -4.82. The lowest BCUT2D eigenvalue weighted by molar-refractivity contribution is 0.0651. The van der Waals surface area contributed by atoms with Gasteiger partial charge in [-0.3, -0.25) is 0 Å². The van der Waals surface area contributed by atoms with Crippen molar-refractivity contribution in [2.24, 2.45) is 0 Å². The monoisotopic (exact) mass is 530 g/mol. The molecule has 4 N–H and O–H groups in total. The molecule has 0 aliphatic rings. The standard InChI is InChI=1S/C28H18O11/c29-25(30)17-11-9-15(13-19(17)27(33)34)37-21-5-1-3-7-23(21)39-24-8-4-2-6-22(24)38-16-10-12-18(26(31)32)20(14-16)28(35)36/h1-14H,(H,29,30)(H,31,32)(H,33,34)(H,35,36). The second-order valence-electron chi connectivity index (χ2n) is 7.84. The van der Waals surface area contributed by atoms with E-state index in [-0.39, 0.29) is 34.5 Å². The number of rotatable bonds is 10. The molecule has 0 radical (unpaired) electrons. The molecule has 4 aromatic rings. The molecular formula is C28H18O11. The van der Waals surface area contributed by atoms with Gasteiger partial charge in [-0.2, -0.15) is 0 Å². The van der Waals surface area contributed by atoms with E-state index in [2.05, 4.69) is 0 Å². The van der Waals surface area contributed by atoms with Crippen LogP contribution in [0, 0.1) is 0 Å². The maximum absolute atomic E-state index is 11.5. The van der Waals surface area contributed by atoms with Gasteiger partial charge in [0, 0.05) is 0 Å². The maximum Gasteiger partial charge on any atom is 0.336 e. The molecule has 39 heavy (non-hydrogen) atoms. The Morgan fingerprint density at radius 2 is 0.718 bits per heavy atom. The highest BCUT2D eigenvalue weighted by Gasteiger charge is 2.20. The first-order valence-electron chi connectivity index (χ1n) is 11.1. The first-order chi connectivity index (χ1) is 18.6. The van der Waals surface area contributed by atoms with E-state index in [0.29, 0.717) is 0 Å². The Balaban J connectivity index is 1.63. The number of para-hydroxylation sites is 4. The van der Waals surface area contributed by atoms with Gasteiger partial charge >= 0.3 is 23.9 Å². The fourth-order valence-electron chi connectivity index (χ4n) is 3.51. The van der Waals surface area contributed by atoms with Gasteiger partial charge in [0.05, 0.1) is 22.3 Å². The highest BCUT2D eigenvalue weighted by atomic mass is 16.5. The molecular weight excluding hydrogens is 512 g/mol. The van der Waals surface area contributed by atoms with E-state index >= 15 is 0 Å². The van der Waals surface area contributed by atoms with Crippen molar-refractivity contribution in [3.8, 4) is 34.5 Å². The van der Waals surface area contributed by atoms with Crippen LogP contribution in [-0.4, -0.2) is 44.3 Å². The minimum absolute atomic E-state index is 0.0534. The fourth-order valence-corrected chi connectivity index (χ4v) is 3.51. The van der Waals surface area contributed by atoms with Crippen molar-refractivity contribution in [2.75, 3.05) is 0 Å². The molecule has 0 aliphatic carbocycles. The van der Waals surface area contributed by atoms with Crippen LogP contribution in [0.2, 0.25) is 0 Å². The van der Waals surface area contributed by atoms with Gasteiger partial charge in [-0.25, -0.2) is 19.2 Å². The zero-order valence-electron chi connectivity index (χ0n) is 19.7. The number of carboxylic acids is 4. The van der Waals surface area contributed by atoms with Crippen molar-refractivity contribution in [3.63, 3.8) is 0 Å². The third-order valence-electron chi connectivity index (χ3n) is 5.28. The molecule has 0 aliphatic heterocycles. The van der Waals surface area contributed by atoms with E-state index < -0.39 is 46.1 Å². The van der Waals surface area contributed by atoms with Crippen molar-refractivity contribution in [2.45, 2.75) is 0 Å². The summed E-state index contributed by atoms with van der Waals surface area (Å²) < 4.78 is 17.6. The molecule has 11 heteroatoms.